The van der Waals surface area contributed by atoms with Gasteiger partial charge < -0.3 is 48.3 Å². The Kier molecular flexibility index (Phi) is 13.1. The Morgan fingerprint density at radius 2 is 1.45 bits per heavy atom. The highest BCUT2D eigenvalue weighted by atomic mass is 19.2. The van der Waals surface area contributed by atoms with Crippen LogP contribution in [0.4, 0.5) is 31.5 Å². The predicted molar refractivity (Wildman–Crippen MR) is 155 cm³/mol. The second-order valence-corrected chi connectivity index (χ2v) is 11.5. The maximum Gasteiger partial charge on any atom is 0.514 e. The van der Waals surface area contributed by atoms with E-state index in [0.29, 0.717) is 0 Å². The van der Waals surface area contributed by atoms with Crippen molar-refractivity contribution in [2.45, 2.75) is 84.1 Å². The Balaban J connectivity index is 1.91. The van der Waals surface area contributed by atoms with Gasteiger partial charge in [0.25, 0.3) is 0 Å². The van der Waals surface area contributed by atoms with Gasteiger partial charge in [-0.3, -0.25) is 9.59 Å². The smallest absolute Gasteiger partial charge is 0.467 e. The first-order valence-electron chi connectivity index (χ1n) is 14.6. The summed E-state index contributed by atoms with van der Waals surface area (Å²) in [5.41, 5.74) is -0.795. The van der Waals surface area contributed by atoms with Crippen LogP contribution in [0, 0.1) is 29.1 Å². The summed E-state index contributed by atoms with van der Waals surface area (Å²) in [5, 5.41) is 13.5. The van der Waals surface area contributed by atoms with Crippen molar-refractivity contribution in [3.63, 3.8) is 0 Å². The number of aliphatic hydroxyl groups is 1. The molecule has 1 saturated heterocycles. The number of esters is 3. The molecule has 20 heteroatoms. The Labute approximate surface area is 285 Å². The van der Waals surface area contributed by atoms with Gasteiger partial charge in [0, 0.05) is 26.0 Å². The average molecular weight is 738 g/mol. The minimum atomic E-state index is -2.47. The van der Waals surface area contributed by atoms with Crippen LogP contribution in [0.5, 0.6) is 11.5 Å². The summed E-state index contributed by atoms with van der Waals surface area (Å²) in [7, 11) is 0.985. The van der Waals surface area contributed by atoms with Crippen molar-refractivity contribution in [2.75, 3.05) is 7.11 Å². The number of carbonyl (C=O) groups excluding carboxylic acids is 5. The fourth-order valence-corrected chi connectivity index (χ4v) is 4.39. The van der Waals surface area contributed by atoms with Crippen LogP contribution in [0.3, 0.4) is 0 Å². The number of rotatable bonds is 10. The van der Waals surface area contributed by atoms with Crippen LogP contribution in [0.1, 0.15) is 45.7 Å². The van der Waals surface area contributed by atoms with Crippen LogP contribution >= 0.6 is 0 Å². The Morgan fingerprint density at radius 3 is 2.00 bits per heavy atom. The van der Waals surface area contributed by atoms with Gasteiger partial charge in [0.05, 0.1) is 7.11 Å². The molecule has 280 valence electrons. The molecule has 51 heavy (non-hydrogen) atoms. The summed E-state index contributed by atoms with van der Waals surface area (Å²) >= 11 is 0. The third-order valence-electron chi connectivity index (χ3n) is 6.46. The second-order valence-electron chi connectivity index (χ2n) is 11.5. The lowest BCUT2D eigenvalue weighted by Gasteiger charge is -2.42. The standard InChI is InChI=1S/C31H32F5NO14/c1-12(38)46-24-22(40)28(49-26(27(41)44-6)25(24)47-13(2)39)48-16-8-7-14(9-15(16)10-37-29(42)51-31(3,4)5)11-45-30(43)50-23-20(35)18(33)17(32)19(34)21(23)36/h7-9,22,24-26,28,40H,10-11H2,1-6H3,(H,37,42)/t22-,24-,25+,26+,28-/m1/s1. The minimum Gasteiger partial charge on any atom is -0.467 e. The molecule has 0 aromatic heterocycles. The number of nitrogens with one attached hydrogen (secondary N) is 1. The van der Waals surface area contributed by atoms with Gasteiger partial charge in [0.15, 0.2) is 24.4 Å². The van der Waals surface area contributed by atoms with Crippen molar-refractivity contribution in [2.24, 2.45) is 0 Å². The van der Waals surface area contributed by atoms with Crippen molar-refractivity contribution >= 4 is 30.2 Å². The summed E-state index contributed by atoms with van der Waals surface area (Å²) < 4.78 is 109. The van der Waals surface area contributed by atoms with E-state index in [9.17, 15) is 51.0 Å². The van der Waals surface area contributed by atoms with Crippen molar-refractivity contribution in [3.05, 3.63) is 58.4 Å². The minimum absolute atomic E-state index is 0.0478. The SMILES string of the molecule is COC(=O)[C@H]1O[C@@H](Oc2ccc(COC(=O)Oc3c(F)c(F)c(F)c(F)c3F)cc2CNC(=O)OC(C)(C)C)[C@H](O)[C@@H](OC(C)=O)[C@@H]1OC(C)=O. The molecule has 5 atom stereocenters. The van der Waals surface area contributed by atoms with Gasteiger partial charge >= 0.3 is 30.2 Å². The highest BCUT2D eigenvalue weighted by molar-refractivity contribution is 5.77. The molecule has 1 heterocycles. The molecule has 2 N–H and O–H groups in total. The first-order valence-corrected chi connectivity index (χ1v) is 14.6. The van der Waals surface area contributed by atoms with Crippen molar-refractivity contribution in [3.8, 4) is 11.5 Å². The maximum absolute atomic E-state index is 13.9. The summed E-state index contributed by atoms with van der Waals surface area (Å²) in [6.45, 7) is 5.61. The molecule has 2 aromatic rings. The fraction of sp³-hybridized carbons (Fsp3) is 0.452. The van der Waals surface area contributed by atoms with Crippen LogP contribution in [-0.4, -0.2) is 78.7 Å². The van der Waals surface area contributed by atoms with E-state index in [1.807, 2.05) is 0 Å². The highest BCUT2D eigenvalue weighted by Crippen LogP contribution is 2.32. The molecule has 1 aliphatic rings. The normalized spacial score (nSPS) is 20.0. The molecule has 0 unspecified atom stereocenters. The van der Waals surface area contributed by atoms with Crippen LogP contribution in [0.2, 0.25) is 0 Å². The van der Waals surface area contributed by atoms with Gasteiger partial charge in [-0.25, -0.2) is 27.6 Å². The quantitative estimate of drug-likeness (QED) is 0.0898. The molecule has 0 bridgehead atoms. The monoisotopic (exact) mass is 737 g/mol. The number of hydrogen-bond acceptors (Lipinski definition) is 14. The molecule has 0 aliphatic carbocycles. The van der Waals surface area contributed by atoms with Crippen LogP contribution in [0.25, 0.3) is 0 Å². The Bertz CT molecular complexity index is 1640. The third kappa shape index (κ3) is 10.4. The molecule has 0 radical (unpaired) electrons. The molecule has 3 rings (SSSR count). The molecule has 2 aromatic carbocycles. The van der Waals surface area contributed by atoms with Gasteiger partial charge in [0.2, 0.25) is 41.1 Å². The average Bonchev–Trinajstić information content (AvgIpc) is 3.04. The third-order valence-corrected chi connectivity index (χ3v) is 6.46. The Hall–Kier alpha value is -5.24. The van der Waals surface area contributed by atoms with E-state index in [2.05, 4.69) is 10.1 Å². The zero-order chi connectivity index (χ0) is 38.4. The number of carbonyl (C=O) groups is 5. The van der Waals surface area contributed by atoms with Gasteiger partial charge in [-0.2, -0.15) is 8.78 Å². The fourth-order valence-electron chi connectivity index (χ4n) is 4.39. The van der Waals surface area contributed by atoms with Gasteiger partial charge in [-0.1, -0.05) is 6.07 Å². The zero-order valence-electron chi connectivity index (χ0n) is 27.7. The summed E-state index contributed by atoms with van der Waals surface area (Å²) in [6, 6.07) is 3.68. The number of hydrogen-bond donors (Lipinski definition) is 2. The molecule has 0 spiro atoms. The molecule has 1 aliphatic heterocycles. The number of benzene rings is 2. The topological polar surface area (TPSA) is 191 Å². The highest BCUT2D eigenvalue weighted by Gasteiger charge is 2.53. The van der Waals surface area contributed by atoms with Crippen molar-refractivity contribution in [1.29, 1.82) is 0 Å². The molecular formula is C31H32F5NO14. The van der Waals surface area contributed by atoms with Gasteiger partial charge in [-0.15, -0.1) is 0 Å². The van der Waals surface area contributed by atoms with E-state index in [1.54, 1.807) is 20.8 Å². The Morgan fingerprint density at radius 1 is 0.882 bits per heavy atom. The lowest BCUT2D eigenvalue weighted by molar-refractivity contribution is -0.278. The van der Waals surface area contributed by atoms with Crippen molar-refractivity contribution < 1.29 is 88.9 Å². The van der Waals surface area contributed by atoms with E-state index in [1.165, 1.54) is 18.2 Å². The van der Waals surface area contributed by atoms with E-state index >= 15 is 0 Å². The van der Waals surface area contributed by atoms with E-state index in [0.717, 1.165) is 21.0 Å². The summed E-state index contributed by atoms with van der Waals surface area (Å²) in [6.07, 6.45) is -11.7. The molecule has 1 amide bonds. The number of halogens is 5. The number of alkyl carbamates (subject to hydrolysis) is 1. The van der Waals surface area contributed by atoms with E-state index in [-0.39, 0.29) is 23.4 Å². The molecular weight excluding hydrogens is 705 g/mol. The zero-order valence-corrected chi connectivity index (χ0v) is 27.7. The van der Waals surface area contributed by atoms with E-state index in [4.69, 9.17) is 33.2 Å². The number of ether oxygens (including phenoxy) is 8. The van der Waals surface area contributed by atoms with Crippen LogP contribution in [-0.2, 0) is 56.0 Å². The lowest BCUT2D eigenvalue weighted by Crippen LogP contribution is -2.63. The summed E-state index contributed by atoms with van der Waals surface area (Å²) in [4.78, 5) is 60.8. The first kappa shape index (κ1) is 40.2. The van der Waals surface area contributed by atoms with Gasteiger partial charge in [0.1, 0.15) is 18.0 Å². The first-order chi connectivity index (χ1) is 23.7. The number of amides is 1. The molecule has 0 saturated carbocycles. The maximum atomic E-state index is 13.9. The number of aliphatic hydroxyl groups excluding tert-OH is 1. The van der Waals surface area contributed by atoms with Crippen LogP contribution < -0.4 is 14.8 Å². The molecule has 1 fully saturated rings. The lowest BCUT2D eigenvalue weighted by atomic mass is 9.98. The van der Waals surface area contributed by atoms with E-state index < -0.39 is 108 Å². The number of methoxy groups -OCH3 is 1. The summed E-state index contributed by atoms with van der Waals surface area (Å²) in [5.74, 6) is -17.1. The molecule has 15 nitrogen and oxygen atoms in total. The van der Waals surface area contributed by atoms with Crippen LogP contribution in [0.15, 0.2) is 18.2 Å². The predicted octanol–water partition coefficient (Wildman–Crippen LogP) is 3.62. The van der Waals surface area contributed by atoms with Gasteiger partial charge in [-0.05, 0) is 38.5 Å². The second kappa shape index (κ2) is 16.6. The van der Waals surface area contributed by atoms with Crippen molar-refractivity contribution in [1.82, 2.24) is 5.32 Å². The largest absolute Gasteiger partial charge is 0.514 e.